The second-order valence-corrected chi connectivity index (χ2v) is 2.09. The molecule has 0 aliphatic heterocycles. The lowest BCUT2D eigenvalue weighted by atomic mass is 10.1. The maximum absolute atomic E-state index is 3.85. The number of hydrogen-bond acceptors (Lipinski definition) is 1. The second kappa shape index (κ2) is 4.33. The lowest BCUT2D eigenvalue weighted by molar-refractivity contribution is 0.877. The molecular formula is C8H15N. The van der Waals surface area contributed by atoms with Gasteiger partial charge in [0.15, 0.2) is 0 Å². The van der Waals surface area contributed by atoms with Gasteiger partial charge in [0.25, 0.3) is 0 Å². The van der Waals surface area contributed by atoms with Gasteiger partial charge in [-0.3, -0.25) is 0 Å². The normalized spacial score (nSPS) is 9.11. The van der Waals surface area contributed by atoms with E-state index in [0.717, 1.165) is 24.1 Å². The van der Waals surface area contributed by atoms with Crippen molar-refractivity contribution in [2.75, 3.05) is 13.6 Å². The van der Waals surface area contributed by atoms with Crippen LogP contribution in [0.15, 0.2) is 24.3 Å². The van der Waals surface area contributed by atoms with Crippen LogP contribution in [0.3, 0.4) is 0 Å². The molecule has 0 aromatic heterocycles. The first-order valence-electron chi connectivity index (χ1n) is 3.22. The molecule has 0 aromatic rings. The molecule has 0 amide bonds. The molecular weight excluding hydrogens is 110 g/mol. The molecule has 0 unspecified atom stereocenters. The highest BCUT2D eigenvalue weighted by molar-refractivity contribution is 5.25. The SMILES string of the molecule is C=C(CC)C(=C)CNC. The molecule has 0 atom stereocenters. The van der Waals surface area contributed by atoms with E-state index in [2.05, 4.69) is 25.4 Å². The van der Waals surface area contributed by atoms with Crippen LogP contribution in [-0.4, -0.2) is 13.6 Å². The Labute approximate surface area is 57.5 Å². The summed E-state index contributed by atoms with van der Waals surface area (Å²) < 4.78 is 0. The van der Waals surface area contributed by atoms with E-state index < -0.39 is 0 Å². The van der Waals surface area contributed by atoms with Crippen LogP contribution in [0.5, 0.6) is 0 Å². The highest BCUT2D eigenvalue weighted by atomic mass is 14.8. The van der Waals surface area contributed by atoms with Crippen molar-refractivity contribution in [3.8, 4) is 0 Å². The minimum absolute atomic E-state index is 0.854. The summed E-state index contributed by atoms with van der Waals surface area (Å²) >= 11 is 0. The standard InChI is InChI=1S/C8H15N/c1-5-7(2)8(3)6-9-4/h9H,2-3,5-6H2,1,4H3. The van der Waals surface area contributed by atoms with Gasteiger partial charge in [0.1, 0.15) is 0 Å². The highest BCUT2D eigenvalue weighted by Gasteiger charge is 1.93. The molecule has 1 heteroatoms. The number of likely N-dealkylation sites (N-methyl/N-ethyl adjacent to an activating group) is 1. The Balaban J connectivity index is 3.60. The predicted octanol–water partition coefficient (Wildman–Crippen LogP) is 1.73. The minimum Gasteiger partial charge on any atom is -0.316 e. The lowest BCUT2D eigenvalue weighted by Gasteiger charge is -2.04. The fourth-order valence-corrected chi connectivity index (χ4v) is 0.588. The van der Waals surface area contributed by atoms with E-state index in [1.807, 2.05) is 7.05 Å². The molecule has 0 saturated heterocycles. The van der Waals surface area contributed by atoms with Gasteiger partial charge in [0, 0.05) is 6.54 Å². The second-order valence-electron chi connectivity index (χ2n) is 2.09. The molecule has 1 nitrogen and oxygen atoms in total. The van der Waals surface area contributed by atoms with Gasteiger partial charge in [-0.2, -0.15) is 0 Å². The first kappa shape index (κ1) is 8.44. The summed E-state index contributed by atoms with van der Waals surface area (Å²) in [5.74, 6) is 0. The molecule has 1 N–H and O–H groups in total. The molecule has 0 aliphatic rings. The molecule has 0 spiro atoms. The molecule has 0 saturated carbocycles. The van der Waals surface area contributed by atoms with Crippen LogP contribution < -0.4 is 5.32 Å². The van der Waals surface area contributed by atoms with Crippen molar-refractivity contribution < 1.29 is 0 Å². The van der Waals surface area contributed by atoms with Gasteiger partial charge in [-0.15, -0.1) is 0 Å². The summed E-state index contributed by atoms with van der Waals surface area (Å²) in [5, 5.41) is 3.02. The van der Waals surface area contributed by atoms with Gasteiger partial charge in [0.2, 0.25) is 0 Å². The van der Waals surface area contributed by atoms with Crippen molar-refractivity contribution in [3.63, 3.8) is 0 Å². The zero-order chi connectivity index (χ0) is 7.28. The third-order valence-corrected chi connectivity index (χ3v) is 1.32. The Morgan fingerprint density at radius 3 is 2.22 bits per heavy atom. The smallest absolute Gasteiger partial charge is 0.0199 e. The number of hydrogen-bond donors (Lipinski definition) is 1. The van der Waals surface area contributed by atoms with Crippen LogP contribution in [-0.2, 0) is 0 Å². The Bertz CT molecular complexity index is 114. The monoisotopic (exact) mass is 125 g/mol. The average Bonchev–Trinajstić information content (AvgIpc) is 1.87. The maximum atomic E-state index is 3.85. The Morgan fingerprint density at radius 1 is 1.33 bits per heavy atom. The Morgan fingerprint density at radius 2 is 1.89 bits per heavy atom. The van der Waals surface area contributed by atoms with E-state index >= 15 is 0 Å². The van der Waals surface area contributed by atoms with Gasteiger partial charge in [-0.25, -0.2) is 0 Å². The molecule has 0 radical (unpaired) electrons. The summed E-state index contributed by atoms with van der Waals surface area (Å²) in [7, 11) is 1.91. The zero-order valence-electron chi connectivity index (χ0n) is 6.33. The van der Waals surface area contributed by atoms with Gasteiger partial charge < -0.3 is 5.32 Å². The predicted molar refractivity (Wildman–Crippen MR) is 42.5 cm³/mol. The van der Waals surface area contributed by atoms with E-state index in [4.69, 9.17) is 0 Å². The summed E-state index contributed by atoms with van der Waals surface area (Å²) in [6, 6.07) is 0. The van der Waals surface area contributed by atoms with E-state index in [9.17, 15) is 0 Å². The molecule has 9 heavy (non-hydrogen) atoms. The van der Waals surface area contributed by atoms with Crippen molar-refractivity contribution in [2.45, 2.75) is 13.3 Å². The summed E-state index contributed by atoms with van der Waals surface area (Å²) in [6.45, 7) is 10.6. The van der Waals surface area contributed by atoms with Crippen molar-refractivity contribution >= 4 is 0 Å². The van der Waals surface area contributed by atoms with Crippen molar-refractivity contribution in [2.24, 2.45) is 0 Å². The molecule has 0 aromatic carbocycles. The minimum atomic E-state index is 0.854. The fraction of sp³-hybridized carbons (Fsp3) is 0.500. The molecule has 0 rings (SSSR count). The Kier molecular flexibility index (Phi) is 4.06. The zero-order valence-corrected chi connectivity index (χ0v) is 6.33. The van der Waals surface area contributed by atoms with E-state index in [1.54, 1.807) is 0 Å². The van der Waals surface area contributed by atoms with Gasteiger partial charge in [0.05, 0.1) is 0 Å². The van der Waals surface area contributed by atoms with Gasteiger partial charge >= 0.3 is 0 Å². The number of rotatable bonds is 4. The first-order chi connectivity index (χ1) is 4.22. The quantitative estimate of drug-likeness (QED) is 0.564. The first-order valence-corrected chi connectivity index (χ1v) is 3.22. The fourth-order valence-electron chi connectivity index (χ4n) is 0.588. The molecule has 0 bridgehead atoms. The van der Waals surface area contributed by atoms with Gasteiger partial charge in [-0.1, -0.05) is 25.7 Å². The Hall–Kier alpha value is -0.560. The summed E-state index contributed by atoms with van der Waals surface area (Å²) in [6.07, 6.45) is 1.00. The van der Waals surface area contributed by atoms with Crippen LogP contribution in [0.4, 0.5) is 0 Å². The van der Waals surface area contributed by atoms with Crippen molar-refractivity contribution in [1.29, 1.82) is 0 Å². The topological polar surface area (TPSA) is 12.0 Å². The number of nitrogens with one attached hydrogen (secondary N) is 1. The highest BCUT2D eigenvalue weighted by Crippen LogP contribution is 2.06. The molecule has 0 aliphatic carbocycles. The molecule has 0 heterocycles. The van der Waals surface area contributed by atoms with E-state index in [1.165, 1.54) is 0 Å². The third-order valence-electron chi connectivity index (χ3n) is 1.32. The van der Waals surface area contributed by atoms with Crippen LogP contribution in [0.2, 0.25) is 0 Å². The summed E-state index contributed by atoms with van der Waals surface area (Å²) in [5.41, 5.74) is 2.25. The maximum Gasteiger partial charge on any atom is 0.0199 e. The van der Waals surface area contributed by atoms with Crippen molar-refractivity contribution in [3.05, 3.63) is 24.3 Å². The molecule has 52 valence electrons. The van der Waals surface area contributed by atoms with Crippen LogP contribution in [0.25, 0.3) is 0 Å². The molecule has 0 fully saturated rings. The van der Waals surface area contributed by atoms with Crippen LogP contribution in [0, 0.1) is 0 Å². The van der Waals surface area contributed by atoms with E-state index in [-0.39, 0.29) is 0 Å². The van der Waals surface area contributed by atoms with Crippen LogP contribution >= 0.6 is 0 Å². The van der Waals surface area contributed by atoms with Gasteiger partial charge in [-0.05, 0) is 19.0 Å². The largest absolute Gasteiger partial charge is 0.316 e. The van der Waals surface area contributed by atoms with E-state index in [0.29, 0.717) is 0 Å². The lowest BCUT2D eigenvalue weighted by Crippen LogP contribution is -2.10. The van der Waals surface area contributed by atoms with Crippen molar-refractivity contribution in [1.82, 2.24) is 5.32 Å². The third kappa shape index (κ3) is 3.09. The summed E-state index contributed by atoms with van der Waals surface area (Å²) in [4.78, 5) is 0. The van der Waals surface area contributed by atoms with Crippen LogP contribution in [0.1, 0.15) is 13.3 Å². The average molecular weight is 125 g/mol.